The van der Waals surface area contributed by atoms with Crippen LogP contribution in [0.5, 0.6) is 0 Å². The Bertz CT molecular complexity index is 788. The van der Waals surface area contributed by atoms with Gasteiger partial charge >= 0.3 is 0 Å². The molecule has 2 aromatic rings. The molecule has 6 nitrogen and oxygen atoms in total. The van der Waals surface area contributed by atoms with E-state index < -0.39 is 16.6 Å². The Kier molecular flexibility index (Phi) is 4.41. The van der Waals surface area contributed by atoms with Gasteiger partial charge in [0.1, 0.15) is 11.5 Å². The van der Waals surface area contributed by atoms with Crippen LogP contribution in [0.25, 0.3) is 0 Å². The molecule has 0 unspecified atom stereocenters. The molecule has 0 atom stereocenters. The van der Waals surface area contributed by atoms with Gasteiger partial charge in [-0.2, -0.15) is 0 Å². The van der Waals surface area contributed by atoms with Gasteiger partial charge in [0, 0.05) is 24.7 Å². The summed E-state index contributed by atoms with van der Waals surface area (Å²) in [6, 6.07) is 10.1. The predicted octanol–water partition coefficient (Wildman–Crippen LogP) is 3.59. The summed E-state index contributed by atoms with van der Waals surface area (Å²) in [7, 11) is 0. The van der Waals surface area contributed by atoms with Crippen LogP contribution in [0.15, 0.2) is 42.5 Å². The quantitative estimate of drug-likeness (QED) is 0.687. The number of rotatable bonds is 4. The average molecular weight is 329 g/mol. The molecule has 3 rings (SSSR count). The number of halogens is 1. The molecule has 1 aliphatic heterocycles. The molecule has 0 bridgehead atoms. The summed E-state index contributed by atoms with van der Waals surface area (Å²) in [5.41, 5.74) is 0.555. The van der Waals surface area contributed by atoms with Gasteiger partial charge < -0.3 is 10.2 Å². The lowest BCUT2D eigenvalue weighted by Gasteiger charge is -2.17. The van der Waals surface area contributed by atoms with Gasteiger partial charge in [-0.1, -0.05) is 12.1 Å². The van der Waals surface area contributed by atoms with E-state index in [0.29, 0.717) is 5.69 Å². The zero-order valence-electron chi connectivity index (χ0n) is 12.9. The summed E-state index contributed by atoms with van der Waals surface area (Å²) in [4.78, 5) is 25.1. The summed E-state index contributed by atoms with van der Waals surface area (Å²) in [5, 5.41) is 13.8. The second kappa shape index (κ2) is 6.66. The molecule has 1 N–H and O–H groups in total. The number of carbonyl (C=O) groups excluding carboxylic acids is 1. The minimum atomic E-state index is -0.587. The number of nitro groups is 1. The molecule has 2 aromatic carbocycles. The predicted molar refractivity (Wildman–Crippen MR) is 88.9 cm³/mol. The Morgan fingerprint density at radius 3 is 2.54 bits per heavy atom. The highest BCUT2D eigenvalue weighted by Crippen LogP contribution is 2.32. The molecule has 124 valence electrons. The number of nitrogens with one attached hydrogen (secondary N) is 1. The van der Waals surface area contributed by atoms with E-state index in [1.807, 2.05) is 4.90 Å². The Labute approximate surface area is 138 Å². The first kappa shape index (κ1) is 15.9. The van der Waals surface area contributed by atoms with Crippen molar-refractivity contribution in [2.75, 3.05) is 23.3 Å². The van der Waals surface area contributed by atoms with Gasteiger partial charge in [-0.3, -0.25) is 14.9 Å². The van der Waals surface area contributed by atoms with Crippen LogP contribution in [0.3, 0.4) is 0 Å². The van der Waals surface area contributed by atoms with E-state index in [4.69, 9.17) is 0 Å². The van der Waals surface area contributed by atoms with Crippen LogP contribution < -0.4 is 10.2 Å². The van der Waals surface area contributed by atoms with Crippen LogP contribution in [0, 0.1) is 15.9 Å². The van der Waals surface area contributed by atoms with Crippen LogP contribution in [-0.2, 0) is 0 Å². The fourth-order valence-electron chi connectivity index (χ4n) is 2.79. The molecule has 1 heterocycles. The monoisotopic (exact) mass is 329 g/mol. The van der Waals surface area contributed by atoms with Crippen molar-refractivity contribution in [3.8, 4) is 0 Å². The van der Waals surface area contributed by atoms with Crippen LogP contribution in [0.4, 0.5) is 21.5 Å². The van der Waals surface area contributed by atoms with Gasteiger partial charge in [-0.25, -0.2) is 4.39 Å². The standard InChI is InChI=1S/C17H16FN3O3/c18-13-5-1-2-6-14(13)19-17(22)12-7-8-15(16(11-12)21(23)24)20-9-3-4-10-20/h1-2,5-8,11H,3-4,9-10H2,(H,19,22). The zero-order valence-corrected chi connectivity index (χ0v) is 12.9. The number of nitrogens with zero attached hydrogens (tertiary/aromatic N) is 2. The second-order valence-electron chi connectivity index (χ2n) is 5.59. The molecule has 0 aliphatic carbocycles. The molecule has 1 fully saturated rings. The van der Waals surface area contributed by atoms with Crippen molar-refractivity contribution in [3.05, 3.63) is 64.0 Å². The number of anilines is 2. The molecule has 1 saturated heterocycles. The van der Waals surface area contributed by atoms with Gasteiger partial charge in [0.05, 0.1) is 10.6 Å². The normalized spacial score (nSPS) is 13.8. The second-order valence-corrected chi connectivity index (χ2v) is 5.59. The number of benzene rings is 2. The summed E-state index contributed by atoms with van der Waals surface area (Å²) >= 11 is 0. The number of carbonyl (C=O) groups is 1. The smallest absolute Gasteiger partial charge is 0.293 e. The van der Waals surface area contributed by atoms with E-state index in [1.165, 1.54) is 30.3 Å². The average Bonchev–Trinajstić information content (AvgIpc) is 3.10. The van der Waals surface area contributed by atoms with Crippen LogP contribution in [0.2, 0.25) is 0 Å². The highest BCUT2D eigenvalue weighted by Gasteiger charge is 2.24. The zero-order chi connectivity index (χ0) is 17.1. The number of hydrogen-bond acceptors (Lipinski definition) is 4. The maximum atomic E-state index is 13.6. The first-order chi connectivity index (χ1) is 11.6. The summed E-state index contributed by atoms with van der Waals surface area (Å²) < 4.78 is 13.6. The van der Waals surface area contributed by atoms with Crippen molar-refractivity contribution >= 4 is 23.0 Å². The third-order valence-electron chi connectivity index (χ3n) is 4.00. The first-order valence-corrected chi connectivity index (χ1v) is 7.65. The van der Waals surface area contributed by atoms with E-state index in [2.05, 4.69) is 5.32 Å². The molecule has 0 aromatic heterocycles. The first-order valence-electron chi connectivity index (χ1n) is 7.65. The Hall–Kier alpha value is -2.96. The van der Waals surface area contributed by atoms with Crippen molar-refractivity contribution in [3.63, 3.8) is 0 Å². The summed E-state index contributed by atoms with van der Waals surface area (Å²) in [5.74, 6) is -1.15. The van der Waals surface area contributed by atoms with Crippen molar-refractivity contribution in [2.24, 2.45) is 0 Å². The number of nitro benzene ring substituents is 1. The molecule has 24 heavy (non-hydrogen) atoms. The number of amides is 1. The van der Waals surface area contributed by atoms with E-state index in [-0.39, 0.29) is 16.9 Å². The van der Waals surface area contributed by atoms with Gasteiger partial charge in [-0.15, -0.1) is 0 Å². The molecule has 0 spiro atoms. The van der Waals surface area contributed by atoms with E-state index in [9.17, 15) is 19.3 Å². The number of para-hydroxylation sites is 1. The minimum absolute atomic E-state index is 0.0359. The largest absolute Gasteiger partial charge is 0.366 e. The minimum Gasteiger partial charge on any atom is -0.366 e. The van der Waals surface area contributed by atoms with Crippen LogP contribution in [0.1, 0.15) is 23.2 Å². The molecular formula is C17H16FN3O3. The van der Waals surface area contributed by atoms with Crippen LogP contribution >= 0.6 is 0 Å². The van der Waals surface area contributed by atoms with Crippen LogP contribution in [-0.4, -0.2) is 23.9 Å². The van der Waals surface area contributed by atoms with Crippen molar-refractivity contribution in [1.82, 2.24) is 0 Å². The van der Waals surface area contributed by atoms with Gasteiger partial charge in [0.25, 0.3) is 11.6 Å². The van der Waals surface area contributed by atoms with E-state index >= 15 is 0 Å². The fraction of sp³-hybridized carbons (Fsp3) is 0.235. The van der Waals surface area contributed by atoms with Crippen molar-refractivity contribution in [2.45, 2.75) is 12.8 Å². The lowest BCUT2D eigenvalue weighted by atomic mass is 10.1. The molecule has 1 amide bonds. The molecule has 1 aliphatic rings. The molecule has 7 heteroatoms. The lowest BCUT2D eigenvalue weighted by Crippen LogP contribution is -2.20. The topological polar surface area (TPSA) is 75.5 Å². The molecular weight excluding hydrogens is 313 g/mol. The molecule has 0 saturated carbocycles. The third-order valence-corrected chi connectivity index (χ3v) is 4.00. The van der Waals surface area contributed by atoms with Gasteiger partial charge in [0.15, 0.2) is 0 Å². The van der Waals surface area contributed by atoms with Crippen molar-refractivity contribution < 1.29 is 14.1 Å². The van der Waals surface area contributed by atoms with Crippen molar-refractivity contribution in [1.29, 1.82) is 0 Å². The highest BCUT2D eigenvalue weighted by atomic mass is 19.1. The third kappa shape index (κ3) is 3.19. The SMILES string of the molecule is O=C(Nc1ccccc1F)c1ccc(N2CCCC2)c([N+](=O)[O-])c1. The van der Waals surface area contributed by atoms with Gasteiger partial charge in [0.2, 0.25) is 0 Å². The van der Waals surface area contributed by atoms with E-state index in [1.54, 1.807) is 12.1 Å². The maximum absolute atomic E-state index is 13.6. The van der Waals surface area contributed by atoms with Gasteiger partial charge in [-0.05, 0) is 37.1 Å². The van der Waals surface area contributed by atoms with E-state index in [0.717, 1.165) is 25.9 Å². The number of hydrogen-bond donors (Lipinski definition) is 1. The highest BCUT2D eigenvalue weighted by molar-refractivity contribution is 6.05. The summed E-state index contributed by atoms with van der Waals surface area (Å²) in [6.45, 7) is 1.53. The summed E-state index contributed by atoms with van der Waals surface area (Å²) in [6.07, 6.45) is 1.99. The molecule has 0 radical (unpaired) electrons. The Morgan fingerprint density at radius 2 is 1.88 bits per heavy atom. The Morgan fingerprint density at radius 1 is 1.17 bits per heavy atom. The fourth-order valence-corrected chi connectivity index (χ4v) is 2.79. The lowest BCUT2D eigenvalue weighted by molar-refractivity contribution is -0.384. The maximum Gasteiger partial charge on any atom is 0.293 e. The Balaban J connectivity index is 1.88.